The lowest BCUT2D eigenvalue weighted by Gasteiger charge is -2.37. The van der Waals surface area contributed by atoms with E-state index in [1.54, 1.807) is 4.31 Å². The van der Waals surface area contributed by atoms with Gasteiger partial charge in [0.1, 0.15) is 10.6 Å². The van der Waals surface area contributed by atoms with Gasteiger partial charge in [-0.2, -0.15) is 17.5 Å². The van der Waals surface area contributed by atoms with Crippen molar-refractivity contribution in [3.8, 4) is 0 Å². The maximum absolute atomic E-state index is 13.2. The number of aromatic nitrogens is 3. The number of carbonyl (C=O) groups is 1. The van der Waals surface area contributed by atoms with Gasteiger partial charge in [-0.05, 0) is 62.9 Å². The van der Waals surface area contributed by atoms with Crippen LogP contribution < -0.4 is 5.32 Å². The normalized spacial score (nSPS) is 18.1. The maximum atomic E-state index is 13.2. The Bertz CT molecular complexity index is 2000. The number of anilines is 1. The first-order valence-electron chi connectivity index (χ1n) is 17.3. The summed E-state index contributed by atoms with van der Waals surface area (Å²) in [5.41, 5.74) is 4.94. The number of likely N-dealkylation sites (tertiary alicyclic amines) is 1. The molecular formula is C35H46F3N7O4S2. The van der Waals surface area contributed by atoms with Gasteiger partial charge >= 0.3 is 12.1 Å². The minimum atomic E-state index is -4.33. The molecule has 51 heavy (non-hydrogen) atoms. The minimum Gasteiger partial charge on any atom is -0.458 e. The Morgan fingerprint density at radius 1 is 1.06 bits per heavy atom. The standard InChI is InChI=1S/C35H46F3N7O4S2/c1-22-16-29-24(3)26(6-7-31(29)45(22)19-23(2)43-12-14-44(15-13-43)51(5,47)48)20-42-10-8-27(9-11-42)39-33-30-17-28(18-35(36,37)38)50-34(30)41-32(40-33)21-49-25(4)46/h6-7,16-17,23,27H,8-15,18-21H2,1-5H3,(H,39,40,41)/t23-/m0/s1. The summed E-state index contributed by atoms with van der Waals surface area (Å²) in [6.45, 7) is 13.5. The number of benzene rings is 1. The first kappa shape index (κ1) is 37.4. The highest BCUT2D eigenvalue weighted by Gasteiger charge is 2.30. The van der Waals surface area contributed by atoms with Gasteiger partial charge < -0.3 is 14.6 Å². The molecule has 6 rings (SSSR count). The summed E-state index contributed by atoms with van der Waals surface area (Å²) in [5, 5.41) is 5.27. The Kier molecular flexibility index (Phi) is 11.0. The number of hydrogen-bond acceptors (Lipinski definition) is 10. The quantitative estimate of drug-likeness (QED) is 0.200. The number of piperidine rings is 1. The molecule has 278 valence electrons. The van der Waals surface area contributed by atoms with Crippen LogP contribution in [0.15, 0.2) is 24.3 Å². The Balaban J connectivity index is 1.09. The van der Waals surface area contributed by atoms with E-state index < -0.39 is 28.6 Å². The molecule has 1 N–H and O–H groups in total. The lowest BCUT2D eigenvalue weighted by Crippen LogP contribution is -2.51. The molecule has 2 aliphatic rings. The van der Waals surface area contributed by atoms with E-state index in [0.717, 1.165) is 63.4 Å². The molecule has 4 aromatic rings. The molecule has 5 heterocycles. The van der Waals surface area contributed by atoms with Gasteiger partial charge in [-0.15, -0.1) is 11.3 Å². The predicted molar refractivity (Wildman–Crippen MR) is 193 cm³/mol. The van der Waals surface area contributed by atoms with E-state index in [2.05, 4.69) is 68.6 Å². The smallest absolute Gasteiger partial charge is 0.393 e. The van der Waals surface area contributed by atoms with Gasteiger partial charge in [0, 0.05) is 92.8 Å². The van der Waals surface area contributed by atoms with E-state index >= 15 is 0 Å². The largest absolute Gasteiger partial charge is 0.458 e. The number of aryl methyl sites for hydroxylation is 2. The van der Waals surface area contributed by atoms with Crippen molar-refractivity contribution < 1.29 is 31.1 Å². The third-order valence-corrected chi connectivity index (χ3v) is 12.4. The van der Waals surface area contributed by atoms with Crippen molar-refractivity contribution in [3.63, 3.8) is 0 Å². The third kappa shape index (κ3) is 9.02. The molecule has 2 aliphatic heterocycles. The number of nitrogens with zero attached hydrogens (tertiary/aromatic N) is 6. The van der Waals surface area contributed by atoms with Gasteiger partial charge in [0.2, 0.25) is 10.0 Å². The molecule has 0 radical (unpaired) electrons. The van der Waals surface area contributed by atoms with Gasteiger partial charge in [0.15, 0.2) is 12.4 Å². The molecule has 1 aromatic carbocycles. The average Bonchev–Trinajstić information content (AvgIpc) is 3.60. The van der Waals surface area contributed by atoms with Crippen molar-refractivity contribution in [2.45, 2.75) is 84.9 Å². The number of halogens is 3. The summed E-state index contributed by atoms with van der Waals surface area (Å²) in [6.07, 6.45) is -2.43. The molecule has 16 heteroatoms. The first-order valence-corrected chi connectivity index (χ1v) is 20.0. The maximum Gasteiger partial charge on any atom is 0.393 e. The molecule has 3 aromatic heterocycles. The summed E-state index contributed by atoms with van der Waals surface area (Å²) in [4.78, 5) is 25.7. The second-order valence-electron chi connectivity index (χ2n) is 13.9. The number of hydrogen-bond donors (Lipinski definition) is 1. The number of sulfonamides is 1. The Morgan fingerprint density at radius 2 is 1.76 bits per heavy atom. The number of carbonyl (C=O) groups excluding carboxylic acids is 1. The number of esters is 1. The summed E-state index contributed by atoms with van der Waals surface area (Å²) in [7, 11) is -3.16. The van der Waals surface area contributed by atoms with Crippen LogP contribution in [0.2, 0.25) is 0 Å². The van der Waals surface area contributed by atoms with Crippen molar-refractivity contribution >= 4 is 54.3 Å². The molecular weight excluding hydrogens is 704 g/mol. The van der Waals surface area contributed by atoms with Crippen LogP contribution in [-0.2, 0) is 45.7 Å². The SMILES string of the molecule is CC(=O)OCc1nc(NC2CCN(Cc3ccc4c(cc(C)n4C[C@H](C)N4CCN(S(C)(=O)=O)CC4)c3C)CC2)c2cc(CC(F)(F)F)sc2n1. The minimum absolute atomic E-state index is 0.0727. The van der Waals surface area contributed by atoms with Gasteiger partial charge in [-0.1, -0.05) is 6.07 Å². The summed E-state index contributed by atoms with van der Waals surface area (Å²) >= 11 is 0.981. The third-order valence-electron chi connectivity index (χ3n) is 10.1. The zero-order valence-electron chi connectivity index (χ0n) is 29.7. The molecule has 1 atom stereocenters. The highest BCUT2D eigenvalue weighted by Crippen LogP contribution is 2.34. The molecule has 2 saturated heterocycles. The van der Waals surface area contributed by atoms with Crippen molar-refractivity contribution in [2.24, 2.45) is 0 Å². The van der Waals surface area contributed by atoms with Crippen LogP contribution in [0.1, 0.15) is 54.2 Å². The highest BCUT2D eigenvalue weighted by atomic mass is 32.2. The summed E-state index contributed by atoms with van der Waals surface area (Å²) in [6, 6.07) is 8.55. The molecule has 0 spiro atoms. The lowest BCUT2D eigenvalue weighted by molar-refractivity contribution is -0.142. The summed E-state index contributed by atoms with van der Waals surface area (Å²) in [5.74, 6) is 0.229. The van der Waals surface area contributed by atoms with E-state index in [0.29, 0.717) is 29.1 Å². The topological polar surface area (TPSA) is 113 Å². The molecule has 0 bridgehead atoms. The van der Waals surface area contributed by atoms with Gasteiger partial charge in [0.25, 0.3) is 0 Å². The van der Waals surface area contributed by atoms with Crippen LogP contribution in [-0.4, -0.2) is 107 Å². The van der Waals surface area contributed by atoms with Crippen LogP contribution >= 0.6 is 11.3 Å². The number of piperazine rings is 1. The van der Waals surface area contributed by atoms with Crippen molar-refractivity contribution in [1.29, 1.82) is 0 Å². The van der Waals surface area contributed by atoms with Crippen LogP contribution in [0.3, 0.4) is 0 Å². The molecule has 0 aliphatic carbocycles. The van der Waals surface area contributed by atoms with E-state index in [1.165, 1.54) is 47.0 Å². The molecule has 0 amide bonds. The highest BCUT2D eigenvalue weighted by molar-refractivity contribution is 7.88. The second-order valence-corrected chi connectivity index (χ2v) is 17.0. The first-order chi connectivity index (χ1) is 24.0. The van der Waals surface area contributed by atoms with Crippen molar-refractivity contribution in [3.05, 3.63) is 51.8 Å². The number of fused-ring (bicyclic) bond motifs is 2. The van der Waals surface area contributed by atoms with Crippen molar-refractivity contribution in [2.75, 3.05) is 50.8 Å². The van der Waals surface area contributed by atoms with Crippen LogP contribution in [0.5, 0.6) is 0 Å². The van der Waals surface area contributed by atoms with Gasteiger partial charge in [0.05, 0.1) is 18.1 Å². The molecule has 2 fully saturated rings. The zero-order chi connectivity index (χ0) is 36.7. The predicted octanol–water partition coefficient (Wildman–Crippen LogP) is 5.47. The monoisotopic (exact) mass is 749 g/mol. The van der Waals surface area contributed by atoms with E-state index in [9.17, 15) is 26.4 Å². The van der Waals surface area contributed by atoms with Gasteiger partial charge in [-0.25, -0.2) is 18.4 Å². The van der Waals surface area contributed by atoms with Gasteiger partial charge in [-0.3, -0.25) is 14.6 Å². The number of rotatable bonds is 11. The van der Waals surface area contributed by atoms with E-state index in [1.807, 2.05) is 0 Å². The van der Waals surface area contributed by atoms with E-state index in [-0.39, 0.29) is 29.4 Å². The zero-order valence-corrected chi connectivity index (χ0v) is 31.3. The molecule has 11 nitrogen and oxygen atoms in total. The average molecular weight is 750 g/mol. The number of ether oxygens (including phenoxy) is 1. The van der Waals surface area contributed by atoms with Crippen molar-refractivity contribution in [1.82, 2.24) is 28.6 Å². The van der Waals surface area contributed by atoms with Crippen LogP contribution in [0, 0.1) is 13.8 Å². The second kappa shape index (κ2) is 15.0. The number of alkyl halides is 3. The Hall–Kier alpha value is -3.31. The molecule has 0 saturated carbocycles. The fourth-order valence-electron chi connectivity index (χ4n) is 7.23. The fourth-order valence-corrected chi connectivity index (χ4v) is 9.14. The lowest BCUT2D eigenvalue weighted by atomic mass is 10.0. The van der Waals surface area contributed by atoms with Crippen LogP contribution in [0.4, 0.5) is 19.0 Å². The number of nitrogens with one attached hydrogen (secondary N) is 1. The van der Waals surface area contributed by atoms with Crippen LogP contribution in [0.25, 0.3) is 21.1 Å². The fraction of sp³-hybridized carbons (Fsp3) is 0.571. The van der Waals surface area contributed by atoms with E-state index in [4.69, 9.17) is 4.74 Å². The summed E-state index contributed by atoms with van der Waals surface area (Å²) < 4.78 is 72.4. The molecule has 0 unspecified atom stereocenters. The number of thiophene rings is 1. The Morgan fingerprint density at radius 3 is 2.41 bits per heavy atom. The Labute approximate surface area is 300 Å².